The topological polar surface area (TPSA) is 98.7 Å². The van der Waals surface area contributed by atoms with Crippen LogP contribution in [0.3, 0.4) is 0 Å². The highest BCUT2D eigenvalue weighted by molar-refractivity contribution is 6.09. The van der Waals surface area contributed by atoms with Gasteiger partial charge in [-0.15, -0.1) is 0 Å². The molecular formula is C17H22N6O3. The van der Waals surface area contributed by atoms with E-state index in [0.717, 1.165) is 17.7 Å². The highest BCUT2D eigenvalue weighted by Crippen LogP contribution is 2.42. The van der Waals surface area contributed by atoms with Crippen LogP contribution in [-0.2, 0) is 9.59 Å². The van der Waals surface area contributed by atoms with Crippen molar-refractivity contribution >= 4 is 23.8 Å². The number of hydrogen-bond acceptors (Lipinski definition) is 6. The summed E-state index contributed by atoms with van der Waals surface area (Å²) >= 11 is 0. The van der Waals surface area contributed by atoms with Crippen LogP contribution in [0.25, 0.3) is 0 Å². The lowest BCUT2D eigenvalue weighted by Gasteiger charge is -2.35. The lowest BCUT2D eigenvalue weighted by molar-refractivity contribution is -0.139. The first kappa shape index (κ1) is 16.7. The molecule has 1 saturated carbocycles. The molecule has 0 spiro atoms. The van der Waals surface area contributed by atoms with Gasteiger partial charge in [0.05, 0.1) is 0 Å². The number of urea groups is 1. The van der Waals surface area contributed by atoms with Gasteiger partial charge in [0, 0.05) is 38.6 Å². The largest absolute Gasteiger partial charge is 0.338 e. The zero-order valence-corrected chi connectivity index (χ0v) is 14.7. The maximum Gasteiger partial charge on any atom is 0.325 e. The zero-order chi connectivity index (χ0) is 18.3. The molecule has 4 rings (SSSR count). The number of carbonyl (C=O) groups is 3. The molecule has 9 nitrogen and oxygen atoms in total. The average Bonchev–Trinajstić information content (AvgIpc) is 3.49. The molecule has 1 atom stereocenters. The first-order valence-corrected chi connectivity index (χ1v) is 8.93. The molecule has 0 unspecified atom stereocenters. The third-order valence-electron chi connectivity index (χ3n) is 5.46. The van der Waals surface area contributed by atoms with E-state index in [-0.39, 0.29) is 24.3 Å². The lowest BCUT2D eigenvalue weighted by Crippen LogP contribution is -2.52. The fourth-order valence-corrected chi connectivity index (χ4v) is 3.64. The second-order valence-corrected chi connectivity index (χ2v) is 7.21. The Morgan fingerprint density at radius 3 is 2.46 bits per heavy atom. The van der Waals surface area contributed by atoms with Crippen molar-refractivity contribution in [3.05, 3.63) is 18.5 Å². The number of nitrogens with one attached hydrogen (secondary N) is 1. The predicted octanol–water partition coefficient (Wildman–Crippen LogP) is -0.154. The number of hydrogen-bond donors (Lipinski definition) is 1. The molecule has 1 aromatic rings. The van der Waals surface area contributed by atoms with Crippen molar-refractivity contribution in [2.45, 2.75) is 25.3 Å². The van der Waals surface area contributed by atoms with Crippen LogP contribution in [-0.4, -0.2) is 75.9 Å². The highest BCUT2D eigenvalue weighted by atomic mass is 16.2. The maximum absolute atomic E-state index is 12.6. The van der Waals surface area contributed by atoms with Crippen LogP contribution in [0.1, 0.15) is 19.8 Å². The quantitative estimate of drug-likeness (QED) is 0.752. The van der Waals surface area contributed by atoms with Crippen molar-refractivity contribution in [3.63, 3.8) is 0 Å². The maximum atomic E-state index is 12.6. The molecule has 2 saturated heterocycles. The monoisotopic (exact) mass is 358 g/mol. The molecule has 4 amide bonds. The predicted molar refractivity (Wildman–Crippen MR) is 92.2 cm³/mol. The van der Waals surface area contributed by atoms with Crippen molar-refractivity contribution in [2.75, 3.05) is 37.6 Å². The SMILES string of the molecule is C[C@@]1(C2CC2)NC(=O)N(CC(=O)N2CCN(c3ncccn3)CC2)C1=O. The van der Waals surface area contributed by atoms with E-state index < -0.39 is 11.6 Å². The molecule has 9 heteroatoms. The van der Waals surface area contributed by atoms with Crippen LogP contribution >= 0.6 is 0 Å². The number of rotatable bonds is 4. The van der Waals surface area contributed by atoms with Gasteiger partial charge in [-0.25, -0.2) is 14.8 Å². The van der Waals surface area contributed by atoms with Crippen molar-refractivity contribution in [3.8, 4) is 0 Å². The summed E-state index contributed by atoms with van der Waals surface area (Å²) < 4.78 is 0. The molecule has 1 N–H and O–H groups in total. The average molecular weight is 358 g/mol. The van der Waals surface area contributed by atoms with Crippen molar-refractivity contribution < 1.29 is 14.4 Å². The lowest BCUT2D eigenvalue weighted by atomic mass is 9.96. The van der Waals surface area contributed by atoms with Crippen molar-refractivity contribution in [2.24, 2.45) is 5.92 Å². The van der Waals surface area contributed by atoms with Crippen molar-refractivity contribution in [1.29, 1.82) is 0 Å². The van der Waals surface area contributed by atoms with E-state index >= 15 is 0 Å². The summed E-state index contributed by atoms with van der Waals surface area (Å²) in [4.78, 5) is 50.6. The molecule has 3 fully saturated rings. The number of piperazine rings is 1. The number of anilines is 1. The first-order valence-electron chi connectivity index (χ1n) is 8.93. The Hall–Kier alpha value is -2.71. The molecule has 1 aliphatic carbocycles. The first-order chi connectivity index (χ1) is 12.5. The second-order valence-electron chi connectivity index (χ2n) is 7.21. The smallest absolute Gasteiger partial charge is 0.325 e. The molecule has 0 aromatic carbocycles. The Balaban J connectivity index is 1.34. The minimum atomic E-state index is -0.847. The van der Waals surface area contributed by atoms with Crippen LogP contribution in [0.2, 0.25) is 0 Å². The summed E-state index contributed by atoms with van der Waals surface area (Å²) in [6, 6.07) is 1.30. The van der Waals surface area contributed by atoms with E-state index in [2.05, 4.69) is 15.3 Å². The van der Waals surface area contributed by atoms with Gasteiger partial charge in [-0.3, -0.25) is 14.5 Å². The van der Waals surface area contributed by atoms with Gasteiger partial charge in [0.25, 0.3) is 5.91 Å². The molecule has 138 valence electrons. The summed E-state index contributed by atoms with van der Waals surface area (Å²) in [6.45, 7) is 3.83. The Bertz CT molecular complexity index is 729. The number of imide groups is 1. The third kappa shape index (κ3) is 2.87. The molecule has 0 bridgehead atoms. The minimum Gasteiger partial charge on any atom is -0.338 e. The molecular weight excluding hydrogens is 336 g/mol. The van der Waals surface area contributed by atoms with E-state index in [4.69, 9.17) is 0 Å². The van der Waals surface area contributed by atoms with Crippen LogP contribution < -0.4 is 10.2 Å². The van der Waals surface area contributed by atoms with E-state index in [9.17, 15) is 14.4 Å². The normalized spacial score (nSPS) is 26.3. The number of nitrogens with zero attached hydrogens (tertiary/aromatic N) is 5. The third-order valence-corrected chi connectivity index (χ3v) is 5.46. The van der Waals surface area contributed by atoms with Gasteiger partial charge in [0.15, 0.2) is 0 Å². The second kappa shape index (κ2) is 6.22. The van der Waals surface area contributed by atoms with Gasteiger partial charge in [-0.1, -0.05) is 0 Å². The van der Waals surface area contributed by atoms with Crippen LogP contribution in [0, 0.1) is 5.92 Å². The summed E-state index contributed by atoms with van der Waals surface area (Å²) in [5.74, 6) is 0.346. The van der Waals surface area contributed by atoms with Gasteiger partial charge in [-0.2, -0.15) is 0 Å². The van der Waals surface area contributed by atoms with Crippen molar-refractivity contribution in [1.82, 2.24) is 25.1 Å². The molecule has 0 radical (unpaired) electrons. The van der Waals surface area contributed by atoms with Gasteiger partial charge in [-0.05, 0) is 31.7 Å². The van der Waals surface area contributed by atoms with E-state index in [0.29, 0.717) is 32.1 Å². The van der Waals surface area contributed by atoms with Gasteiger partial charge < -0.3 is 15.1 Å². The van der Waals surface area contributed by atoms with Gasteiger partial charge in [0.2, 0.25) is 11.9 Å². The molecule has 3 heterocycles. The Morgan fingerprint density at radius 1 is 1.19 bits per heavy atom. The van der Waals surface area contributed by atoms with Gasteiger partial charge in [0.1, 0.15) is 12.1 Å². The summed E-state index contributed by atoms with van der Waals surface area (Å²) in [7, 11) is 0. The number of carbonyl (C=O) groups excluding carboxylic acids is 3. The van der Waals surface area contributed by atoms with Crippen LogP contribution in [0.4, 0.5) is 10.7 Å². The number of amides is 4. The molecule has 26 heavy (non-hydrogen) atoms. The van der Waals surface area contributed by atoms with Crippen LogP contribution in [0.5, 0.6) is 0 Å². The Kier molecular flexibility index (Phi) is 4.01. The summed E-state index contributed by atoms with van der Waals surface area (Å²) in [6.07, 6.45) is 5.25. The van der Waals surface area contributed by atoms with Gasteiger partial charge >= 0.3 is 6.03 Å². The Labute approximate surface area is 151 Å². The fraction of sp³-hybridized carbons (Fsp3) is 0.588. The minimum absolute atomic E-state index is 0.188. The standard InChI is InChI=1S/C17H22N6O3/c1-17(12-3-4-12)14(25)23(16(26)20-17)11-13(24)21-7-9-22(10-8-21)15-18-5-2-6-19-15/h2,5-6,12H,3-4,7-11H2,1H3,(H,20,26)/t17-/m0/s1. The molecule has 1 aromatic heterocycles. The van der Waals surface area contributed by atoms with Crippen LogP contribution in [0.15, 0.2) is 18.5 Å². The summed E-state index contributed by atoms with van der Waals surface area (Å²) in [5.41, 5.74) is -0.847. The zero-order valence-electron chi connectivity index (χ0n) is 14.7. The number of aromatic nitrogens is 2. The Morgan fingerprint density at radius 2 is 1.85 bits per heavy atom. The molecule has 3 aliphatic rings. The fourth-order valence-electron chi connectivity index (χ4n) is 3.64. The van der Waals surface area contributed by atoms with E-state index in [1.807, 2.05) is 4.90 Å². The molecule has 2 aliphatic heterocycles. The van der Waals surface area contributed by atoms with E-state index in [1.165, 1.54) is 0 Å². The van der Waals surface area contributed by atoms with E-state index in [1.54, 1.807) is 30.3 Å². The highest BCUT2D eigenvalue weighted by Gasteiger charge is 2.56. The summed E-state index contributed by atoms with van der Waals surface area (Å²) in [5, 5.41) is 2.77.